The summed E-state index contributed by atoms with van der Waals surface area (Å²) in [7, 11) is -3.16. The molecule has 0 saturated carbocycles. The smallest absolute Gasteiger partial charge is 0.255 e. The molecule has 5 nitrogen and oxygen atoms in total. The predicted molar refractivity (Wildman–Crippen MR) is 85.8 cm³/mol. The number of benzene rings is 2. The molecule has 2 aromatic carbocycles. The van der Waals surface area contributed by atoms with E-state index in [-0.39, 0.29) is 11.5 Å². The molecule has 0 aromatic heterocycles. The number of sulfone groups is 1. The normalized spacial score (nSPS) is 11.2. The Morgan fingerprint density at radius 1 is 1.18 bits per heavy atom. The maximum absolute atomic E-state index is 12.2. The Morgan fingerprint density at radius 2 is 1.91 bits per heavy atom. The summed E-state index contributed by atoms with van der Waals surface area (Å²) in [5.41, 5.74) is 2.07. The van der Waals surface area contributed by atoms with Crippen LogP contribution >= 0.6 is 0 Å². The van der Waals surface area contributed by atoms with E-state index in [9.17, 15) is 18.3 Å². The summed E-state index contributed by atoms with van der Waals surface area (Å²) in [5.74, 6) is -0.542. The van der Waals surface area contributed by atoms with Gasteiger partial charge in [-0.15, -0.1) is 0 Å². The molecule has 0 atom stereocenters. The molecule has 0 bridgehead atoms. The van der Waals surface area contributed by atoms with Crippen molar-refractivity contribution in [1.82, 2.24) is 0 Å². The van der Waals surface area contributed by atoms with Crippen LogP contribution in [0.25, 0.3) is 0 Å². The molecular formula is C16H17NO4S. The molecule has 2 N–H and O–H groups in total. The van der Waals surface area contributed by atoms with Gasteiger partial charge in [-0.3, -0.25) is 4.79 Å². The fourth-order valence-electron chi connectivity index (χ4n) is 2.05. The second-order valence-corrected chi connectivity index (χ2v) is 7.39. The monoisotopic (exact) mass is 319 g/mol. The first kappa shape index (κ1) is 16.0. The average Bonchev–Trinajstić information content (AvgIpc) is 2.40. The molecule has 22 heavy (non-hydrogen) atoms. The molecule has 0 aliphatic rings. The van der Waals surface area contributed by atoms with Crippen LogP contribution in [-0.4, -0.2) is 25.7 Å². The van der Waals surface area contributed by atoms with E-state index in [1.54, 1.807) is 36.4 Å². The van der Waals surface area contributed by atoms with Crippen LogP contribution in [0, 0.1) is 6.92 Å². The van der Waals surface area contributed by atoms with Gasteiger partial charge in [0.05, 0.1) is 11.4 Å². The standard InChI is InChI=1S/C16H17NO4S/c1-11-6-7-14(15(18)8-11)17-16(19)13-5-3-4-12(9-13)10-22(2,20)21/h3-9,18H,10H2,1-2H3,(H,17,19). The van der Waals surface area contributed by atoms with Crippen molar-refractivity contribution in [3.8, 4) is 5.75 Å². The zero-order valence-corrected chi connectivity index (χ0v) is 13.1. The predicted octanol–water partition coefficient (Wildman–Crippen LogP) is 2.50. The first-order valence-electron chi connectivity index (χ1n) is 6.62. The third-order valence-electron chi connectivity index (χ3n) is 3.02. The van der Waals surface area contributed by atoms with Gasteiger partial charge >= 0.3 is 0 Å². The lowest BCUT2D eigenvalue weighted by molar-refractivity contribution is 0.102. The molecule has 6 heteroatoms. The fraction of sp³-hybridized carbons (Fsp3) is 0.188. The van der Waals surface area contributed by atoms with E-state index in [1.807, 2.05) is 6.92 Å². The summed E-state index contributed by atoms with van der Waals surface area (Å²) in [6.45, 7) is 1.83. The number of aryl methyl sites for hydroxylation is 1. The van der Waals surface area contributed by atoms with Crippen molar-refractivity contribution in [1.29, 1.82) is 0 Å². The second-order valence-electron chi connectivity index (χ2n) is 5.25. The Hall–Kier alpha value is -2.34. The average molecular weight is 319 g/mol. The molecule has 0 saturated heterocycles. The van der Waals surface area contributed by atoms with Crippen molar-refractivity contribution in [3.05, 3.63) is 59.2 Å². The number of carbonyl (C=O) groups is 1. The zero-order valence-electron chi connectivity index (χ0n) is 12.3. The van der Waals surface area contributed by atoms with Crippen LogP contribution in [0.2, 0.25) is 0 Å². The molecular weight excluding hydrogens is 302 g/mol. The Morgan fingerprint density at radius 3 is 2.55 bits per heavy atom. The number of phenolic OH excluding ortho intramolecular Hbond substituents is 1. The molecule has 0 fully saturated rings. The molecule has 0 aliphatic heterocycles. The summed E-state index contributed by atoms with van der Waals surface area (Å²) >= 11 is 0. The van der Waals surface area contributed by atoms with Crippen LogP contribution in [0.3, 0.4) is 0 Å². The van der Waals surface area contributed by atoms with Crippen molar-refractivity contribution in [3.63, 3.8) is 0 Å². The lowest BCUT2D eigenvalue weighted by atomic mass is 10.1. The molecule has 116 valence electrons. The molecule has 2 rings (SSSR count). The van der Waals surface area contributed by atoms with Gasteiger partial charge in [0.2, 0.25) is 0 Å². The number of rotatable bonds is 4. The van der Waals surface area contributed by atoms with E-state index in [0.29, 0.717) is 16.8 Å². The van der Waals surface area contributed by atoms with Crippen molar-refractivity contribution >= 4 is 21.4 Å². The second kappa shape index (κ2) is 6.19. The van der Waals surface area contributed by atoms with Crippen molar-refractivity contribution in [2.45, 2.75) is 12.7 Å². The van der Waals surface area contributed by atoms with Crippen LogP contribution in [0.1, 0.15) is 21.5 Å². The Balaban J connectivity index is 2.21. The third kappa shape index (κ3) is 4.33. The summed E-state index contributed by atoms with van der Waals surface area (Å²) in [6, 6.07) is 11.3. The van der Waals surface area contributed by atoms with E-state index in [0.717, 1.165) is 11.8 Å². The summed E-state index contributed by atoms with van der Waals surface area (Å²) in [6.07, 6.45) is 1.14. The van der Waals surface area contributed by atoms with Gasteiger partial charge in [-0.05, 0) is 42.3 Å². The molecule has 0 unspecified atom stereocenters. The Labute approximate surface area is 129 Å². The van der Waals surface area contributed by atoms with Crippen LogP contribution in [0.5, 0.6) is 5.75 Å². The highest BCUT2D eigenvalue weighted by Gasteiger charge is 2.11. The van der Waals surface area contributed by atoms with Crippen molar-refractivity contribution in [2.24, 2.45) is 0 Å². The number of phenols is 1. The van der Waals surface area contributed by atoms with Crippen LogP contribution < -0.4 is 5.32 Å². The molecule has 0 heterocycles. The molecule has 0 radical (unpaired) electrons. The van der Waals surface area contributed by atoms with E-state index in [2.05, 4.69) is 5.32 Å². The molecule has 1 amide bonds. The first-order chi connectivity index (χ1) is 10.2. The van der Waals surface area contributed by atoms with E-state index < -0.39 is 15.7 Å². The van der Waals surface area contributed by atoms with Gasteiger partial charge in [-0.1, -0.05) is 18.2 Å². The summed E-state index contributed by atoms with van der Waals surface area (Å²) < 4.78 is 22.6. The van der Waals surface area contributed by atoms with Crippen LogP contribution in [0.4, 0.5) is 5.69 Å². The molecule has 2 aromatic rings. The number of hydrogen-bond donors (Lipinski definition) is 2. The van der Waals surface area contributed by atoms with E-state index in [1.165, 1.54) is 6.07 Å². The highest BCUT2D eigenvalue weighted by Crippen LogP contribution is 2.24. The minimum absolute atomic E-state index is 0.0133. The maximum atomic E-state index is 12.2. The largest absolute Gasteiger partial charge is 0.506 e. The van der Waals surface area contributed by atoms with Crippen molar-refractivity contribution < 1.29 is 18.3 Å². The summed E-state index contributed by atoms with van der Waals surface area (Å²) in [5, 5.41) is 12.4. The topological polar surface area (TPSA) is 83.5 Å². The lowest BCUT2D eigenvalue weighted by Gasteiger charge is -2.09. The fourth-order valence-corrected chi connectivity index (χ4v) is 2.83. The van der Waals surface area contributed by atoms with Gasteiger partial charge in [-0.2, -0.15) is 0 Å². The third-order valence-corrected chi connectivity index (χ3v) is 3.88. The van der Waals surface area contributed by atoms with Gasteiger partial charge in [0.25, 0.3) is 5.91 Å². The quantitative estimate of drug-likeness (QED) is 0.848. The van der Waals surface area contributed by atoms with Gasteiger partial charge in [0, 0.05) is 11.8 Å². The Kier molecular flexibility index (Phi) is 4.51. The van der Waals surface area contributed by atoms with E-state index in [4.69, 9.17) is 0 Å². The number of carbonyl (C=O) groups excluding carboxylic acids is 1. The van der Waals surface area contributed by atoms with E-state index >= 15 is 0 Å². The van der Waals surface area contributed by atoms with Gasteiger partial charge < -0.3 is 10.4 Å². The number of anilines is 1. The molecule has 0 spiro atoms. The number of amides is 1. The van der Waals surface area contributed by atoms with Gasteiger partial charge in [0.15, 0.2) is 9.84 Å². The molecule has 0 aliphatic carbocycles. The zero-order chi connectivity index (χ0) is 16.3. The minimum atomic E-state index is -3.16. The maximum Gasteiger partial charge on any atom is 0.255 e. The number of hydrogen-bond acceptors (Lipinski definition) is 4. The number of aromatic hydroxyl groups is 1. The highest BCUT2D eigenvalue weighted by molar-refractivity contribution is 7.89. The number of nitrogens with one attached hydrogen (secondary N) is 1. The van der Waals surface area contributed by atoms with Crippen LogP contribution in [0.15, 0.2) is 42.5 Å². The summed E-state index contributed by atoms with van der Waals surface area (Å²) in [4.78, 5) is 12.2. The highest BCUT2D eigenvalue weighted by atomic mass is 32.2. The lowest BCUT2D eigenvalue weighted by Crippen LogP contribution is -2.12. The minimum Gasteiger partial charge on any atom is -0.506 e. The van der Waals surface area contributed by atoms with Gasteiger partial charge in [-0.25, -0.2) is 8.42 Å². The van der Waals surface area contributed by atoms with Gasteiger partial charge in [0.1, 0.15) is 5.75 Å². The van der Waals surface area contributed by atoms with Crippen molar-refractivity contribution in [2.75, 3.05) is 11.6 Å². The van der Waals surface area contributed by atoms with Crippen LogP contribution in [-0.2, 0) is 15.6 Å². The first-order valence-corrected chi connectivity index (χ1v) is 8.68. The SMILES string of the molecule is Cc1ccc(NC(=O)c2cccc(CS(C)(=O)=O)c2)c(O)c1. The Bertz CT molecular complexity index is 813.